The normalized spacial score (nSPS) is 51.1. The van der Waals surface area contributed by atoms with Crippen molar-refractivity contribution in [1.29, 1.82) is 0 Å². The molecule has 0 aromatic carbocycles. The van der Waals surface area contributed by atoms with Crippen LogP contribution in [-0.4, -0.2) is 23.8 Å². The molecule has 0 aromatic rings. The molecule has 4 rings (SSSR count). The summed E-state index contributed by atoms with van der Waals surface area (Å²) < 4.78 is 11.9. The summed E-state index contributed by atoms with van der Waals surface area (Å²) >= 11 is 0. The van der Waals surface area contributed by atoms with E-state index in [-0.39, 0.29) is 23.1 Å². The van der Waals surface area contributed by atoms with Gasteiger partial charge in [0.15, 0.2) is 0 Å². The first-order valence-electron chi connectivity index (χ1n) is 10.2. The average Bonchev–Trinajstić information content (AvgIpc) is 3.05. The maximum atomic E-state index is 11.7. The molecule has 0 amide bonds. The zero-order valence-corrected chi connectivity index (χ0v) is 16.7. The Balaban J connectivity index is 1.71. The number of epoxide rings is 1. The van der Waals surface area contributed by atoms with Crippen molar-refractivity contribution in [3.63, 3.8) is 0 Å². The Bertz CT molecular complexity index is 623. The van der Waals surface area contributed by atoms with Crippen LogP contribution in [0.2, 0.25) is 0 Å². The molecule has 1 saturated heterocycles. The number of hydrogen-bond donors (Lipinski definition) is 0. The molecule has 3 nitrogen and oxygen atoms in total. The Morgan fingerprint density at radius 1 is 1.24 bits per heavy atom. The van der Waals surface area contributed by atoms with Gasteiger partial charge in [-0.2, -0.15) is 0 Å². The van der Waals surface area contributed by atoms with Crippen LogP contribution in [0.4, 0.5) is 0 Å². The SMILES string of the molecule is CC(=O)O[C@@H]1C=C(C(C)C)[C@H]2C3CC[C@@]4(C)O[C@H]4C[C@@]3(C)CC[C@@]12C. The quantitative estimate of drug-likeness (QED) is 0.406. The molecule has 0 spiro atoms. The van der Waals surface area contributed by atoms with Gasteiger partial charge in [-0.25, -0.2) is 0 Å². The van der Waals surface area contributed by atoms with Crippen LogP contribution in [0.1, 0.15) is 73.6 Å². The Kier molecular flexibility index (Phi) is 3.76. The second-order valence-corrected chi connectivity index (χ2v) is 10.3. The Hall–Kier alpha value is -0.830. The highest BCUT2D eigenvalue weighted by molar-refractivity contribution is 5.66. The van der Waals surface area contributed by atoms with Gasteiger partial charge < -0.3 is 9.47 Å². The van der Waals surface area contributed by atoms with Crippen LogP contribution < -0.4 is 0 Å². The highest BCUT2D eigenvalue weighted by atomic mass is 16.6. The second-order valence-electron chi connectivity index (χ2n) is 10.3. The minimum absolute atomic E-state index is 0.0541. The third-order valence-corrected chi connectivity index (χ3v) is 8.19. The molecule has 140 valence electrons. The van der Waals surface area contributed by atoms with Crippen molar-refractivity contribution in [2.45, 2.75) is 91.5 Å². The van der Waals surface area contributed by atoms with Crippen LogP contribution in [0.5, 0.6) is 0 Å². The summed E-state index contributed by atoms with van der Waals surface area (Å²) in [4.78, 5) is 11.7. The molecule has 4 aliphatic rings. The van der Waals surface area contributed by atoms with Crippen molar-refractivity contribution in [1.82, 2.24) is 0 Å². The van der Waals surface area contributed by atoms with Gasteiger partial charge in [0.05, 0.1) is 11.7 Å². The topological polar surface area (TPSA) is 38.8 Å². The number of esters is 1. The van der Waals surface area contributed by atoms with E-state index in [2.05, 4.69) is 40.7 Å². The number of hydrogen-bond acceptors (Lipinski definition) is 3. The lowest BCUT2D eigenvalue weighted by molar-refractivity contribution is -0.155. The molecule has 1 heterocycles. The van der Waals surface area contributed by atoms with Crippen LogP contribution in [-0.2, 0) is 14.3 Å². The fraction of sp³-hybridized carbons (Fsp3) is 0.864. The third-order valence-electron chi connectivity index (χ3n) is 8.19. The molecular formula is C22H34O3. The van der Waals surface area contributed by atoms with Crippen molar-refractivity contribution in [2.24, 2.45) is 28.6 Å². The molecule has 7 atom stereocenters. The lowest BCUT2D eigenvalue weighted by atomic mass is 9.51. The van der Waals surface area contributed by atoms with E-state index >= 15 is 0 Å². The minimum atomic E-state index is -0.150. The van der Waals surface area contributed by atoms with Crippen molar-refractivity contribution < 1.29 is 14.3 Å². The predicted molar refractivity (Wildman–Crippen MR) is 98.0 cm³/mol. The van der Waals surface area contributed by atoms with E-state index in [0.29, 0.717) is 29.3 Å². The van der Waals surface area contributed by atoms with Crippen LogP contribution in [0.25, 0.3) is 0 Å². The van der Waals surface area contributed by atoms with Gasteiger partial charge in [-0.3, -0.25) is 4.79 Å². The maximum absolute atomic E-state index is 11.7. The molecule has 0 bridgehead atoms. The number of fused-ring (bicyclic) bond motifs is 4. The summed E-state index contributed by atoms with van der Waals surface area (Å²) in [6, 6.07) is 0. The number of carbonyl (C=O) groups is 1. The molecule has 0 aromatic heterocycles. The molecule has 2 saturated carbocycles. The van der Waals surface area contributed by atoms with E-state index in [4.69, 9.17) is 9.47 Å². The molecule has 0 N–H and O–H groups in total. The molecule has 25 heavy (non-hydrogen) atoms. The van der Waals surface area contributed by atoms with Crippen LogP contribution in [0, 0.1) is 28.6 Å². The maximum Gasteiger partial charge on any atom is 0.303 e. The molecule has 3 heteroatoms. The van der Waals surface area contributed by atoms with Gasteiger partial charge in [0.2, 0.25) is 0 Å². The van der Waals surface area contributed by atoms with Crippen molar-refractivity contribution >= 4 is 5.97 Å². The summed E-state index contributed by atoms with van der Waals surface area (Å²) in [5, 5.41) is 0. The van der Waals surface area contributed by atoms with Crippen molar-refractivity contribution in [3.05, 3.63) is 11.6 Å². The minimum Gasteiger partial charge on any atom is -0.458 e. The van der Waals surface area contributed by atoms with E-state index in [9.17, 15) is 4.79 Å². The van der Waals surface area contributed by atoms with E-state index in [0.717, 1.165) is 6.42 Å². The average molecular weight is 347 g/mol. The molecular weight excluding hydrogens is 312 g/mol. The van der Waals surface area contributed by atoms with Crippen LogP contribution >= 0.6 is 0 Å². The second kappa shape index (κ2) is 5.34. The van der Waals surface area contributed by atoms with E-state index in [1.807, 2.05) is 0 Å². The fourth-order valence-corrected chi connectivity index (χ4v) is 6.46. The highest BCUT2D eigenvalue weighted by Crippen LogP contribution is 2.67. The summed E-state index contributed by atoms with van der Waals surface area (Å²) in [6.45, 7) is 13.3. The zero-order chi connectivity index (χ0) is 18.2. The molecule has 3 aliphatic carbocycles. The first kappa shape index (κ1) is 17.6. The summed E-state index contributed by atoms with van der Waals surface area (Å²) in [6.07, 6.45) is 8.69. The van der Waals surface area contributed by atoms with Gasteiger partial charge in [-0.1, -0.05) is 33.3 Å². The molecule has 3 fully saturated rings. The lowest BCUT2D eigenvalue weighted by Crippen LogP contribution is -2.50. The van der Waals surface area contributed by atoms with E-state index in [1.165, 1.54) is 31.3 Å². The first-order chi connectivity index (χ1) is 11.6. The van der Waals surface area contributed by atoms with Gasteiger partial charge in [-0.15, -0.1) is 0 Å². The van der Waals surface area contributed by atoms with Crippen LogP contribution in [0.15, 0.2) is 11.6 Å². The largest absolute Gasteiger partial charge is 0.458 e. The summed E-state index contributed by atoms with van der Waals surface area (Å²) in [7, 11) is 0. The third kappa shape index (κ3) is 2.52. The fourth-order valence-electron chi connectivity index (χ4n) is 6.46. The lowest BCUT2D eigenvalue weighted by Gasteiger charge is -2.54. The highest BCUT2D eigenvalue weighted by Gasteiger charge is 2.64. The smallest absolute Gasteiger partial charge is 0.303 e. The molecule has 1 unspecified atom stereocenters. The van der Waals surface area contributed by atoms with Gasteiger partial charge in [0.1, 0.15) is 6.10 Å². The van der Waals surface area contributed by atoms with E-state index < -0.39 is 0 Å². The number of rotatable bonds is 2. The van der Waals surface area contributed by atoms with E-state index in [1.54, 1.807) is 6.92 Å². The standard InChI is InChI=1S/C22H34O3/c1-13(2)15-11-17(24-14(3)23)21(5)10-9-20(4)12-18-22(6,25-18)8-7-16(20)19(15)21/h11,13,16-19H,7-10,12H2,1-6H3/t16?,17-,18+,19+,20-,21+,22-/m1/s1. The Labute approximate surface area is 152 Å². The van der Waals surface area contributed by atoms with Crippen molar-refractivity contribution in [2.75, 3.05) is 0 Å². The molecule has 0 radical (unpaired) electrons. The zero-order valence-electron chi connectivity index (χ0n) is 16.7. The Morgan fingerprint density at radius 3 is 2.60 bits per heavy atom. The van der Waals surface area contributed by atoms with Crippen molar-refractivity contribution in [3.8, 4) is 0 Å². The molecule has 1 aliphatic heterocycles. The summed E-state index contributed by atoms with van der Waals surface area (Å²) in [5.74, 6) is 1.57. The Morgan fingerprint density at radius 2 is 1.96 bits per heavy atom. The van der Waals surface area contributed by atoms with Gasteiger partial charge in [0.25, 0.3) is 0 Å². The predicted octanol–water partition coefficient (Wildman–Crippen LogP) is 4.89. The van der Waals surface area contributed by atoms with Gasteiger partial charge in [0, 0.05) is 12.3 Å². The number of allylic oxidation sites excluding steroid dienone is 1. The van der Waals surface area contributed by atoms with Gasteiger partial charge in [-0.05, 0) is 68.3 Å². The van der Waals surface area contributed by atoms with Gasteiger partial charge >= 0.3 is 5.97 Å². The monoisotopic (exact) mass is 346 g/mol. The van der Waals surface area contributed by atoms with Crippen LogP contribution in [0.3, 0.4) is 0 Å². The summed E-state index contributed by atoms with van der Waals surface area (Å²) in [5.41, 5.74) is 2.08. The number of carbonyl (C=O) groups excluding carboxylic acids is 1. The first-order valence-corrected chi connectivity index (χ1v) is 10.2. The number of ether oxygens (including phenoxy) is 2.